The first kappa shape index (κ1) is 49.2. The Kier molecular flexibility index (Phi) is 10.2. The summed E-state index contributed by atoms with van der Waals surface area (Å²) in [5.74, 6) is 0. The summed E-state index contributed by atoms with van der Waals surface area (Å²) in [6, 6.07) is 82.9. The second-order valence-electron chi connectivity index (χ2n) is 24.3. The number of para-hydroxylation sites is 5. The highest BCUT2D eigenvalue weighted by molar-refractivity contribution is 6.33. The lowest BCUT2D eigenvalue weighted by atomic mass is 9.98. The van der Waals surface area contributed by atoms with Gasteiger partial charge in [0.25, 0.3) is 0 Å². The zero-order chi connectivity index (χ0) is 58.2. The van der Waals surface area contributed by atoms with E-state index in [4.69, 9.17) is 8.83 Å². The first-order chi connectivity index (χ1) is 43.4. The summed E-state index contributed by atoms with van der Waals surface area (Å²) >= 11 is 0. The van der Waals surface area contributed by atoms with Crippen molar-refractivity contribution >= 4 is 149 Å². The molecule has 0 atom stereocenters. The topological polar surface area (TPSA) is 41.6 Å². The molecule has 0 aliphatic heterocycles. The lowest BCUT2D eigenvalue weighted by Gasteiger charge is -2.31. The summed E-state index contributed by atoms with van der Waals surface area (Å²) < 4.78 is 19.7. The molecule has 1 aliphatic carbocycles. The van der Waals surface area contributed by atoms with Crippen molar-refractivity contribution in [3.8, 4) is 22.3 Å². The van der Waals surface area contributed by atoms with Crippen LogP contribution in [0.4, 0.5) is 28.4 Å². The molecular formula is C82H56N4O2. The number of fused-ring (bicyclic) bond motifs is 18. The van der Waals surface area contributed by atoms with E-state index in [1.54, 1.807) is 0 Å². The minimum absolute atomic E-state index is 0.868. The van der Waals surface area contributed by atoms with Gasteiger partial charge in [0.05, 0.1) is 55.8 Å². The molecule has 12 aromatic carbocycles. The van der Waals surface area contributed by atoms with E-state index < -0.39 is 0 Å². The number of allylic oxidation sites excluding steroid dienone is 4. The van der Waals surface area contributed by atoms with Gasteiger partial charge in [-0.15, -0.1) is 0 Å². The molecule has 0 radical (unpaired) electrons. The summed E-state index contributed by atoms with van der Waals surface area (Å²) in [6.07, 6.45) is 8.67. The van der Waals surface area contributed by atoms with E-state index in [1.807, 2.05) is 0 Å². The van der Waals surface area contributed by atoms with Crippen LogP contribution in [0, 0.1) is 27.7 Å². The molecule has 416 valence electrons. The third-order valence-corrected chi connectivity index (χ3v) is 19.5. The lowest BCUT2D eigenvalue weighted by Crippen LogP contribution is -2.19. The minimum atomic E-state index is 0.868. The Morgan fingerprint density at radius 1 is 0.341 bits per heavy atom. The molecule has 0 spiro atoms. The summed E-state index contributed by atoms with van der Waals surface area (Å²) in [7, 11) is 0. The van der Waals surface area contributed by atoms with Gasteiger partial charge < -0.3 is 27.4 Å². The number of hydrogen-bond donors (Lipinski definition) is 0. The van der Waals surface area contributed by atoms with Gasteiger partial charge in [-0.05, 0) is 129 Å². The quantitative estimate of drug-likeness (QED) is 0.152. The monoisotopic (exact) mass is 1130 g/mol. The number of benzene rings is 12. The second kappa shape index (κ2) is 18.2. The Morgan fingerprint density at radius 2 is 0.784 bits per heavy atom. The van der Waals surface area contributed by atoms with Crippen LogP contribution >= 0.6 is 0 Å². The fourth-order valence-electron chi connectivity index (χ4n) is 15.6. The predicted octanol–water partition coefficient (Wildman–Crippen LogP) is 23.2. The Bertz CT molecular complexity index is 6060. The number of aromatic nitrogens is 2. The molecule has 18 aromatic rings. The van der Waals surface area contributed by atoms with Crippen LogP contribution in [0.15, 0.2) is 257 Å². The van der Waals surface area contributed by atoms with E-state index in [1.165, 1.54) is 104 Å². The SMILES string of the molecule is Cc1ccccc1-c1cccc2c1oc1c(N(C3=CC=CCC3)c3ccc4c5cc6c(cc5n5c7ccccc7c3c45)c3ccc(N(c4ccccc4)c4c(C)ccc5c4oc4c(-c7ccccc7C)cccc45)c4c5ccccc5n6c34)c(C)ccc12. The lowest BCUT2D eigenvalue weighted by molar-refractivity contribution is 0.669. The van der Waals surface area contributed by atoms with Crippen molar-refractivity contribution < 1.29 is 8.83 Å². The third-order valence-electron chi connectivity index (χ3n) is 19.5. The average Bonchev–Trinajstić information content (AvgIpc) is 1.53. The third kappa shape index (κ3) is 6.61. The summed E-state index contributed by atoms with van der Waals surface area (Å²) in [6.45, 7) is 8.83. The van der Waals surface area contributed by atoms with Crippen LogP contribution in [0.25, 0.3) is 142 Å². The van der Waals surface area contributed by atoms with E-state index in [0.717, 1.165) is 107 Å². The number of rotatable bonds is 8. The zero-order valence-corrected chi connectivity index (χ0v) is 49.1. The highest BCUT2D eigenvalue weighted by atomic mass is 16.3. The fraction of sp³-hybridized carbons (Fsp3) is 0.0732. The molecule has 6 heteroatoms. The highest BCUT2D eigenvalue weighted by Crippen LogP contribution is 2.54. The molecule has 0 fully saturated rings. The number of aryl methyl sites for hydroxylation is 4. The Balaban J connectivity index is 0.856. The van der Waals surface area contributed by atoms with E-state index in [2.05, 4.69) is 289 Å². The van der Waals surface area contributed by atoms with Crippen LogP contribution in [-0.2, 0) is 0 Å². The van der Waals surface area contributed by atoms with Crippen LogP contribution in [0.1, 0.15) is 35.1 Å². The van der Waals surface area contributed by atoms with E-state index in [9.17, 15) is 0 Å². The molecule has 19 rings (SSSR count). The van der Waals surface area contributed by atoms with Crippen molar-refractivity contribution in [2.45, 2.75) is 40.5 Å². The molecule has 6 aromatic heterocycles. The number of furan rings is 2. The van der Waals surface area contributed by atoms with Crippen molar-refractivity contribution in [2.75, 3.05) is 9.80 Å². The van der Waals surface area contributed by atoms with Crippen LogP contribution in [0.5, 0.6) is 0 Å². The van der Waals surface area contributed by atoms with Crippen LogP contribution in [-0.4, -0.2) is 8.80 Å². The van der Waals surface area contributed by atoms with Gasteiger partial charge in [-0.1, -0.05) is 188 Å². The summed E-state index contributed by atoms with van der Waals surface area (Å²) in [5.41, 5.74) is 26.7. The largest absolute Gasteiger partial charge is 0.453 e. The Hall–Kier alpha value is -11.1. The molecule has 6 heterocycles. The van der Waals surface area contributed by atoms with E-state index >= 15 is 0 Å². The van der Waals surface area contributed by atoms with Gasteiger partial charge in [0.2, 0.25) is 0 Å². The summed E-state index contributed by atoms with van der Waals surface area (Å²) in [5, 5.41) is 14.2. The maximum absolute atomic E-state index is 7.33. The van der Waals surface area contributed by atoms with Gasteiger partial charge in [-0.25, -0.2) is 0 Å². The number of nitrogens with zero attached hydrogens (tertiary/aromatic N) is 4. The number of anilines is 5. The first-order valence-corrected chi connectivity index (χ1v) is 30.7. The molecule has 0 bridgehead atoms. The second-order valence-corrected chi connectivity index (χ2v) is 24.3. The standard InChI is InChI=1S/C82H56N4O2/c1-47-21-11-13-27-53(47)57-31-19-33-59-61-39-37-49(3)75(81(61)87-79(57)59)83(51-23-7-5-8-24-51)69-43-41-55-65-45-72-66(46-71(65)85-67-35-17-15-29-63(67)73(69)77(55)85)56-42-44-70(74-64-30-16-18-36-68(64)86(72)78(56)74)84(52-25-9-6-10-26-52)76-50(4)38-40-62-60-34-20-32-58(80(60)88-82(62)76)54-28-14-12-22-48(54)2/h5-9,11-25,27-46H,10,26H2,1-4H3. The maximum Gasteiger partial charge on any atom is 0.159 e. The zero-order valence-electron chi connectivity index (χ0n) is 49.1. The molecule has 0 unspecified atom stereocenters. The van der Waals surface area contributed by atoms with Crippen molar-refractivity contribution in [1.82, 2.24) is 8.80 Å². The predicted molar refractivity (Wildman–Crippen MR) is 370 cm³/mol. The molecule has 1 aliphatic rings. The van der Waals surface area contributed by atoms with Crippen molar-refractivity contribution in [2.24, 2.45) is 0 Å². The van der Waals surface area contributed by atoms with Gasteiger partial charge in [-0.2, -0.15) is 0 Å². The molecule has 0 saturated heterocycles. The average molecular weight is 1130 g/mol. The molecule has 6 nitrogen and oxygen atoms in total. The smallest absolute Gasteiger partial charge is 0.159 e. The van der Waals surface area contributed by atoms with Crippen molar-refractivity contribution in [3.63, 3.8) is 0 Å². The van der Waals surface area contributed by atoms with Crippen LogP contribution in [0.3, 0.4) is 0 Å². The fourth-order valence-corrected chi connectivity index (χ4v) is 15.6. The Morgan fingerprint density at radius 3 is 1.31 bits per heavy atom. The highest BCUT2D eigenvalue weighted by Gasteiger charge is 2.32. The van der Waals surface area contributed by atoms with E-state index in [0.29, 0.717) is 0 Å². The summed E-state index contributed by atoms with van der Waals surface area (Å²) in [4.78, 5) is 5.01. The minimum Gasteiger partial charge on any atom is -0.453 e. The van der Waals surface area contributed by atoms with Gasteiger partial charge in [-0.3, -0.25) is 0 Å². The van der Waals surface area contributed by atoms with Gasteiger partial charge in [0, 0.05) is 87.1 Å². The molecular weight excluding hydrogens is 1070 g/mol. The van der Waals surface area contributed by atoms with Gasteiger partial charge in [0.15, 0.2) is 11.2 Å². The maximum atomic E-state index is 7.33. The van der Waals surface area contributed by atoms with Crippen LogP contribution in [0.2, 0.25) is 0 Å². The molecule has 0 N–H and O–H groups in total. The van der Waals surface area contributed by atoms with Crippen molar-refractivity contribution in [3.05, 3.63) is 271 Å². The Labute approximate surface area is 506 Å². The number of hydrogen-bond acceptors (Lipinski definition) is 4. The normalized spacial score (nSPS) is 13.2. The van der Waals surface area contributed by atoms with Gasteiger partial charge >= 0.3 is 0 Å². The van der Waals surface area contributed by atoms with Gasteiger partial charge in [0.1, 0.15) is 11.2 Å². The van der Waals surface area contributed by atoms with E-state index in [-0.39, 0.29) is 0 Å². The van der Waals surface area contributed by atoms with Crippen LogP contribution < -0.4 is 9.80 Å². The molecule has 88 heavy (non-hydrogen) atoms. The molecule has 0 amide bonds. The first-order valence-electron chi connectivity index (χ1n) is 30.7. The van der Waals surface area contributed by atoms with Crippen molar-refractivity contribution in [1.29, 1.82) is 0 Å². The molecule has 0 saturated carbocycles.